The van der Waals surface area contributed by atoms with Crippen molar-refractivity contribution < 1.29 is 27.5 Å². The third kappa shape index (κ3) is 6.65. The van der Waals surface area contributed by atoms with Crippen molar-refractivity contribution in [2.45, 2.75) is 19.0 Å². The number of amides is 2. The summed E-state index contributed by atoms with van der Waals surface area (Å²) in [6.07, 6.45) is -2.96. The monoisotopic (exact) mass is 423 g/mol. The molecule has 2 rings (SSSR count). The van der Waals surface area contributed by atoms with E-state index < -0.39 is 35.7 Å². The fourth-order valence-electron chi connectivity index (χ4n) is 3.17. The predicted molar refractivity (Wildman–Crippen MR) is 100 cm³/mol. The fraction of sp³-hybridized carbons (Fsp3) is 0.556. The third-order valence-corrected chi connectivity index (χ3v) is 4.66. The molecule has 0 aromatic heterocycles. The molecule has 6 nitrogen and oxygen atoms in total. The SMILES string of the molecule is COCC1(CNC(=O)CNC(=O)c2ccccc2C(F)(F)F)CCNCC1.Cl. The van der Waals surface area contributed by atoms with Crippen LogP contribution >= 0.6 is 12.4 Å². The molecule has 28 heavy (non-hydrogen) atoms. The Bertz CT molecular complexity index is 659. The molecular formula is C18H25ClF3N3O3. The summed E-state index contributed by atoms with van der Waals surface area (Å²) < 4.78 is 44.2. The zero-order valence-electron chi connectivity index (χ0n) is 15.5. The summed E-state index contributed by atoms with van der Waals surface area (Å²) in [7, 11) is 1.60. The maximum absolute atomic E-state index is 13.0. The summed E-state index contributed by atoms with van der Waals surface area (Å²) >= 11 is 0. The molecule has 3 N–H and O–H groups in total. The van der Waals surface area contributed by atoms with E-state index in [4.69, 9.17) is 4.74 Å². The highest BCUT2D eigenvalue weighted by atomic mass is 35.5. The average Bonchev–Trinajstić information content (AvgIpc) is 2.65. The van der Waals surface area contributed by atoms with Crippen LogP contribution in [0.1, 0.15) is 28.8 Å². The Kier molecular flexibility index (Phi) is 9.19. The lowest BCUT2D eigenvalue weighted by Gasteiger charge is -2.37. The number of piperidine rings is 1. The molecule has 0 aliphatic carbocycles. The van der Waals surface area contributed by atoms with Crippen molar-refractivity contribution in [1.82, 2.24) is 16.0 Å². The van der Waals surface area contributed by atoms with Gasteiger partial charge in [-0.3, -0.25) is 9.59 Å². The van der Waals surface area contributed by atoms with Crippen molar-refractivity contribution in [2.24, 2.45) is 5.41 Å². The highest BCUT2D eigenvalue weighted by Crippen LogP contribution is 2.31. The number of alkyl halides is 3. The van der Waals surface area contributed by atoms with Gasteiger partial charge in [-0.1, -0.05) is 12.1 Å². The Morgan fingerprint density at radius 2 is 1.82 bits per heavy atom. The fourth-order valence-corrected chi connectivity index (χ4v) is 3.17. The normalized spacial score (nSPS) is 16.0. The van der Waals surface area contributed by atoms with Crippen molar-refractivity contribution in [3.63, 3.8) is 0 Å². The number of carbonyl (C=O) groups is 2. The second-order valence-electron chi connectivity index (χ2n) is 6.69. The molecule has 10 heteroatoms. The first-order valence-electron chi connectivity index (χ1n) is 8.68. The van der Waals surface area contributed by atoms with Gasteiger partial charge in [-0.05, 0) is 38.1 Å². The van der Waals surface area contributed by atoms with Gasteiger partial charge >= 0.3 is 6.18 Å². The molecule has 1 fully saturated rings. The second kappa shape index (κ2) is 10.6. The third-order valence-electron chi connectivity index (χ3n) is 4.66. The van der Waals surface area contributed by atoms with Gasteiger partial charge in [0.15, 0.2) is 0 Å². The Balaban J connectivity index is 0.00000392. The predicted octanol–water partition coefficient (Wildman–Crippen LogP) is 1.99. The molecule has 1 saturated heterocycles. The number of benzene rings is 1. The quantitative estimate of drug-likeness (QED) is 0.626. The van der Waals surface area contributed by atoms with Crippen LogP contribution in [0.4, 0.5) is 13.2 Å². The van der Waals surface area contributed by atoms with Crippen LogP contribution in [0.2, 0.25) is 0 Å². The Morgan fingerprint density at radius 1 is 1.18 bits per heavy atom. The molecule has 0 atom stereocenters. The van der Waals surface area contributed by atoms with Crippen LogP contribution in [-0.2, 0) is 15.7 Å². The molecule has 0 radical (unpaired) electrons. The minimum absolute atomic E-state index is 0. The van der Waals surface area contributed by atoms with E-state index in [9.17, 15) is 22.8 Å². The second-order valence-corrected chi connectivity index (χ2v) is 6.69. The topological polar surface area (TPSA) is 79.5 Å². The molecule has 1 aliphatic rings. The van der Waals surface area contributed by atoms with E-state index in [1.165, 1.54) is 12.1 Å². The maximum atomic E-state index is 13.0. The maximum Gasteiger partial charge on any atom is 0.417 e. The first kappa shape index (κ1) is 24.2. The minimum Gasteiger partial charge on any atom is -0.384 e. The summed E-state index contributed by atoms with van der Waals surface area (Å²) in [6, 6.07) is 4.47. The summed E-state index contributed by atoms with van der Waals surface area (Å²) in [5.41, 5.74) is -1.72. The van der Waals surface area contributed by atoms with Gasteiger partial charge in [0, 0.05) is 19.1 Å². The smallest absolute Gasteiger partial charge is 0.384 e. The van der Waals surface area contributed by atoms with Gasteiger partial charge in [0.2, 0.25) is 5.91 Å². The van der Waals surface area contributed by atoms with Gasteiger partial charge in [-0.25, -0.2) is 0 Å². The number of hydrogen-bond acceptors (Lipinski definition) is 4. The van der Waals surface area contributed by atoms with Crippen molar-refractivity contribution in [3.8, 4) is 0 Å². The molecular weight excluding hydrogens is 399 g/mol. The number of rotatable bonds is 7. The average molecular weight is 424 g/mol. The molecule has 158 valence electrons. The van der Waals surface area contributed by atoms with Crippen molar-refractivity contribution in [2.75, 3.05) is 39.9 Å². The Labute approximate surface area is 168 Å². The number of ether oxygens (including phenoxy) is 1. The van der Waals surface area contributed by atoms with Crippen LogP contribution in [0.15, 0.2) is 24.3 Å². The lowest BCUT2D eigenvalue weighted by Crippen LogP contribution is -2.48. The highest BCUT2D eigenvalue weighted by molar-refractivity contribution is 5.97. The number of hydrogen-bond donors (Lipinski definition) is 3. The zero-order valence-corrected chi connectivity index (χ0v) is 16.3. The Morgan fingerprint density at radius 3 is 2.43 bits per heavy atom. The molecule has 2 amide bonds. The lowest BCUT2D eigenvalue weighted by atomic mass is 9.79. The van der Waals surface area contributed by atoms with Gasteiger partial charge in [0.25, 0.3) is 5.91 Å². The number of carbonyl (C=O) groups excluding carboxylic acids is 2. The van der Waals surface area contributed by atoms with Crippen molar-refractivity contribution in [1.29, 1.82) is 0 Å². The van der Waals surface area contributed by atoms with Crippen LogP contribution in [0.25, 0.3) is 0 Å². The largest absolute Gasteiger partial charge is 0.417 e. The minimum atomic E-state index is -4.64. The molecule has 0 bridgehead atoms. The summed E-state index contributed by atoms with van der Waals surface area (Å²) in [5, 5.41) is 8.24. The molecule has 0 saturated carbocycles. The molecule has 1 aromatic carbocycles. The summed E-state index contributed by atoms with van der Waals surface area (Å²) in [6.45, 7) is 2.14. The lowest BCUT2D eigenvalue weighted by molar-refractivity contribution is -0.137. The van der Waals surface area contributed by atoms with E-state index >= 15 is 0 Å². The number of nitrogens with one attached hydrogen (secondary N) is 3. The van der Waals surface area contributed by atoms with E-state index in [2.05, 4.69) is 16.0 Å². The summed E-state index contributed by atoms with van der Waals surface area (Å²) in [5.74, 6) is -1.40. The molecule has 0 spiro atoms. The van der Waals surface area contributed by atoms with Gasteiger partial charge < -0.3 is 20.7 Å². The van der Waals surface area contributed by atoms with E-state index in [-0.39, 0.29) is 17.8 Å². The number of methoxy groups -OCH3 is 1. The number of halogens is 4. The first-order valence-corrected chi connectivity index (χ1v) is 8.68. The Hall–Kier alpha value is -1.84. The summed E-state index contributed by atoms with van der Waals surface area (Å²) in [4.78, 5) is 24.1. The first-order chi connectivity index (χ1) is 12.8. The molecule has 1 heterocycles. The highest BCUT2D eigenvalue weighted by Gasteiger charge is 2.35. The van der Waals surface area contributed by atoms with Gasteiger partial charge in [0.05, 0.1) is 24.3 Å². The van der Waals surface area contributed by atoms with Crippen LogP contribution in [0.5, 0.6) is 0 Å². The molecule has 1 aliphatic heterocycles. The van der Waals surface area contributed by atoms with Crippen LogP contribution in [-0.4, -0.2) is 51.7 Å². The zero-order chi connectivity index (χ0) is 19.9. The van der Waals surface area contributed by atoms with Gasteiger partial charge in [-0.2, -0.15) is 13.2 Å². The van der Waals surface area contributed by atoms with E-state index in [0.717, 1.165) is 38.1 Å². The van der Waals surface area contributed by atoms with E-state index in [1.54, 1.807) is 7.11 Å². The van der Waals surface area contributed by atoms with Crippen molar-refractivity contribution in [3.05, 3.63) is 35.4 Å². The standard InChI is InChI=1S/C18H24F3N3O3.ClH/c1-27-12-17(6-8-22-9-7-17)11-24-15(25)10-23-16(26)13-4-2-3-5-14(13)18(19,20)21;/h2-5,22H,6-12H2,1H3,(H,23,26)(H,24,25);1H. The van der Waals surface area contributed by atoms with Gasteiger partial charge in [-0.15, -0.1) is 12.4 Å². The van der Waals surface area contributed by atoms with E-state index in [0.29, 0.717) is 13.2 Å². The van der Waals surface area contributed by atoms with Gasteiger partial charge in [0.1, 0.15) is 0 Å². The molecule has 0 unspecified atom stereocenters. The van der Waals surface area contributed by atoms with Crippen LogP contribution < -0.4 is 16.0 Å². The van der Waals surface area contributed by atoms with Crippen LogP contribution in [0.3, 0.4) is 0 Å². The van der Waals surface area contributed by atoms with Crippen molar-refractivity contribution >= 4 is 24.2 Å². The molecule has 1 aromatic rings. The van der Waals surface area contributed by atoms with E-state index in [1.807, 2.05) is 0 Å². The van der Waals surface area contributed by atoms with Crippen LogP contribution in [0, 0.1) is 5.41 Å².